The minimum absolute atomic E-state index is 0.0705. The number of ether oxygens (including phenoxy) is 1. The first-order valence-corrected chi connectivity index (χ1v) is 11.1. The number of nitrogens with one attached hydrogen (secondary N) is 1. The van der Waals surface area contributed by atoms with E-state index in [0.717, 1.165) is 42.7 Å². The van der Waals surface area contributed by atoms with Crippen molar-refractivity contribution in [2.24, 2.45) is 0 Å². The van der Waals surface area contributed by atoms with E-state index < -0.39 is 17.7 Å². The topological polar surface area (TPSA) is 88.5 Å². The lowest BCUT2D eigenvalue weighted by Gasteiger charge is -2.09. The van der Waals surface area contributed by atoms with Crippen molar-refractivity contribution in [3.63, 3.8) is 0 Å². The van der Waals surface area contributed by atoms with Gasteiger partial charge in [0.15, 0.2) is 0 Å². The fourth-order valence-corrected chi connectivity index (χ4v) is 3.28. The number of amides is 1. The van der Waals surface area contributed by atoms with E-state index in [0.29, 0.717) is 23.6 Å². The Balaban J connectivity index is 1.38. The molecule has 0 fully saturated rings. The first-order valence-electron chi connectivity index (χ1n) is 11.1. The Morgan fingerprint density at radius 3 is 2.26 bits per heavy atom. The van der Waals surface area contributed by atoms with Crippen LogP contribution in [0.3, 0.4) is 0 Å². The minimum Gasteiger partial charge on any atom is -0.494 e. The molecule has 2 aromatic carbocycles. The molecule has 0 radical (unpaired) electrons. The molecule has 1 heterocycles. The van der Waals surface area contributed by atoms with Crippen LogP contribution in [0.25, 0.3) is 11.3 Å². The van der Waals surface area contributed by atoms with Crippen LogP contribution in [0, 0.1) is 0 Å². The Morgan fingerprint density at radius 2 is 1.66 bits per heavy atom. The number of carboxylic acid groups (broad SMARTS) is 1. The quantitative estimate of drug-likeness (QED) is 0.356. The second kappa shape index (κ2) is 12.0. The van der Waals surface area contributed by atoms with E-state index in [1.165, 1.54) is 6.07 Å². The van der Waals surface area contributed by atoms with E-state index in [1.54, 1.807) is 24.3 Å². The second-order valence-corrected chi connectivity index (χ2v) is 7.86. The Labute approximate surface area is 200 Å². The highest BCUT2D eigenvalue weighted by atomic mass is 19.4. The molecule has 0 saturated carbocycles. The number of carbonyl (C=O) groups is 2. The largest absolute Gasteiger partial charge is 0.494 e. The fraction of sp³-hybridized carbons (Fsp3) is 0.269. The number of aliphatic carboxylic acids is 1. The summed E-state index contributed by atoms with van der Waals surface area (Å²) in [5.74, 6) is -0.667. The first-order chi connectivity index (χ1) is 16.7. The second-order valence-electron chi connectivity index (χ2n) is 7.86. The zero-order valence-electron chi connectivity index (χ0n) is 18.8. The number of benzene rings is 2. The molecule has 0 bridgehead atoms. The summed E-state index contributed by atoms with van der Waals surface area (Å²) >= 11 is 0. The van der Waals surface area contributed by atoms with Crippen molar-refractivity contribution < 1.29 is 32.6 Å². The first kappa shape index (κ1) is 25.7. The molecule has 1 amide bonds. The maximum Gasteiger partial charge on any atom is 0.417 e. The average Bonchev–Trinajstić information content (AvgIpc) is 2.84. The number of aryl methyl sites for hydroxylation is 1. The molecule has 0 aliphatic heterocycles. The smallest absolute Gasteiger partial charge is 0.417 e. The van der Waals surface area contributed by atoms with Gasteiger partial charge in [0, 0.05) is 23.9 Å². The van der Waals surface area contributed by atoms with Crippen molar-refractivity contribution in [1.29, 1.82) is 0 Å². The molecule has 184 valence electrons. The van der Waals surface area contributed by atoms with Crippen molar-refractivity contribution in [3.05, 3.63) is 83.6 Å². The minimum atomic E-state index is -4.40. The Hall–Kier alpha value is -3.88. The van der Waals surface area contributed by atoms with Crippen LogP contribution < -0.4 is 10.1 Å². The predicted octanol–water partition coefficient (Wildman–Crippen LogP) is 5.37. The summed E-state index contributed by atoms with van der Waals surface area (Å²) in [6.45, 7) is 0.582. The molecule has 0 aliphatic rings. The molecule has 0 unspecified atom stereocenters. The number of hydrogen-bond acceptors (Lipinski definition) is 4. The summed E-state index contributed by atoms with van der Waals surface area (Å²) in [5.41, 5.74) is 2.01. The molecule has 6 nitrogen and oxygen atoms in total. The van der Waals surface area contributed by atoms with Crippen molar-refractivity contribution in [3.8, 4) is 17.0 Å². The summed E-state index contributed by atoms with van der Waals surface area (Å²) < 4.78 is 43.7. The maximum absolute atomic E-state index is 12.7. The number of carbonyl (C=O) groups excluding carboxylic acids is 1. The van der Waals surface area contributed by atoms with E-state index >= 15 is 0 Å². The molecule has 0 aliphatic carbocycles. The van der Waals surface area contributed by atoms with Gasteiger partial charge in [0.2, 0.25) is 0 Å². The van der Waals surface area contributed by atoms with Crippen LogP contribution in [0.15, 0.2) is 66.9 Å². The average molecular weight is 486 g/mol. The molecule has 3 aromatic rings. The van der Waals surface area contributed by atoms with Crippen molar-refractivity contribution >= 4 is 11.9 Å². The zero-order valence-corrected chi connectivity index (χ0v) is 18.8. The Bertz CT molecular complexity index is 1110. The van der Waals surface area contributed by atoms with Gasteiger partial charge in [-0.05, 0) is 61.2 Å². The summed E-state index contributed by atoms with van der Waals surface area (Å²) in [6, 6.07) is 16.6. The summed E-state index contributed by atoms with van der Waals surface area (Å²) in [5, 5.41) is 11.1. The molecular formula is C26H25F3N2O4. The van der Waals surface area contributed by atoms with E-state index in [4.69, 9.17) is 9.84 Å². The standard InChI is InChI=1S/C26H25F3N2O4/c27-26(28,29)21-10-13-23(31-17-21)19-6-4-18(5-7-19)3-1-2-16-35-22-11-8-20(9-12-22)25(34)30-15-14-24(32)33/h4-13,17H,1-3,14-16H2,(H,30,34)(H,32,33). The van der Waals surface area contributed by atoms with Gasteiger partial charge in [-0.2, -0.15) is 13.2 Å². The Morgan fingerprint density at radius 1 is 0.943 bits per heavy atom. The molecule has 0 spiro atoms. The normalized spacial score (nSPS) is 11.2. The summed E-state index contributed by atoms with van der Waals surface area (Å²) in [4.78, 5) is 26.3. The number of hydrogen-bond donors (Lipinski definition) is 2. The van der Waals surface area contributed by atoms with Crippen LogP contribution in [-0.2, 0) is 17.4 Å². The van der Waals surface area contributed by atoms with E-state index in [2.05, 4.69) is 10.3 Å². The van der Waals surface area contributed by atoms with Crippen molar-refractivity contribution in [1.82, 2.24) is 10.3 Å². The van der Waals surface area contributed by atoms with Crippen molar-refractivity contribution in [2.75, 3.05) is 13.2 Å². The van der Waals surface area contributed by atoms with Gasteiger partial charge in [-0.3, -0.25) is 14.6 Å². The predicted molar refractivity (Wildman–Crippen MR) is 124 cm³/mol. The number of halogens is 3. The van der Waals surface area contributed by atoms with Gasteiger partial charge in [0.25, 0.3) is 5.91 Å². The number of aromatic nitrogens is 1. The Kier molecular flexibility index (Phi) is 8.83. The van der Waals surface area contributed by atoms with Crippen molar-refractivity contribution in [2.45, 2.75) is 31.9 Å². The van der Waals surface area contributed by atoms with E-state index in [9.17, 15) is 22.8 Å². The highest BCUT2D eigenvalue weighted by molar-refractivity contribution is 5.94. The fourth-order valence-electron chi connectivity index (χ4n) is 3.28. The SMILES string of the molecule is O=C(O)CCNC(=O)c1ccc(OCCCCc2ccc(-c3ccc(C(F)(F)F)cn3)cc2)cc1. The van der Waals surface area contributed by atoms with Gasteiger partial charge in [0.05, 0.1) is 24.3 Å². The number of pyridine rings is 1. The number of alkyl halides is 3. The lowest BCUT2D eigenvalue weighted by molar-refractivity contribution is -0.138. The monoisotopic (exact) mass is 486 g/mol. The lowest BCUT2D eigenvalue weighted by atomic mass is 10.0. The van der Waals surface area contributed by atoms with Crippen LogP contribution >= 0.6 is 0 Å². The molecule has 0 saturated heterocycles. The number of rotatable bonds is 11. The third-order valence-electron chi connectivity index (χ3n) is 5.21. The molecule has 2 N–H and O–H groups in total. The number of carboxylic acids is 1. The highest BCUT2D eigenvalue weighted by Crippen LogP contribution is 2.29. The van der Waals surface area contributed by atoms with E-state index in [1.807, 2.05) is 24.3 Å². The van der Waals surface area contributed by atoms with Crippen LogP contribution in [0.5, 0.6) is 5.75 Å². The molecule has 0 atom stereocenters. The summed E-state index contributed by atoms with van der Waals surface area (Å²) in [7, 11) is 0. The number of unbranched alkanes of at least 4 members (excludes halogenated alkanes) is 1. The zero-order chi connectivity index (χ0) is 25.3. The summed E-state index contributed by atoms with van der Waals surface area (Å²) in [6.07, 6.45) is -1.15. The van der Waals surface area contributed by atoms with Crippen LogP contribution in [0.2, 0.25) is 0 Å². The molecule has 1 aromatic heterocycles. The molecule has 9 heteroatoms. The van der Waals surface area contributed by atoms with E-state index in [-0.39, 0.29) is 18.9 Å². The third kappa shape index (κ3) is 8.13. The van der Waals surface area contributed by atoms with Gasteiger partial charge >= 0.3 is 12.1 Å². The molecular weight excluding hydrogens is 461 g/mol. The van der Waals surface area contributed by atoms with Gasteiger partial charge in [-0.1, -0.05) is 24.3 Å². The number of nitrogens with zero attached hydrogens (tertiary/aromatic N) is 1. The molecule has 35 heavy (non-hydrogen) atoms. The van der Waals surface area contributed by atoms with Gasteiger partial charge < -0.3 is 15.2 Å². The maximum atomic E-state index is 12.7. The highest BCUT2D eigenvalue weighted by Gasteiger charge is 2.30. The third-order valence-corrected chi connectivity index (χ3v) is 5.21. The van der Waals surface area contributed by atoms with Crippen LogP contribution in [-0.4, -0.2) is 35.1 Å². The van der Waals surface area contributed by atoms with Gasteiger partial charge in [-0.15, -0.1) is 0 Å². The molecule has 3 rings (SSSR count). The van der Waals surface area contributed by atoms with Crippen LogP contribution in [0.1, 0.15) is 40.7 Å². The van der Waals surface area contributed by atoms with Gasteiger partial charge in [0.1, 0.15) is 5.75 Å². The van der Waals surface area contributed by atoms with Gasteiger partial charge in [-0.25, -0.2) is 0 Å². The lowest BCUT2D eigenvalue weighted by Crippen LogP contribution is -2.25. The van der Waals surface area contributed by atoms with Crippen LogP contribution in [0.4, 0.5) is 13.2 Å².